The van der Waals surface area contributed by atoms with Crippen molar-refractivity contribution in [3.05, 3.63) is 35.5 Å². The van der Waals surface area contributed by atoms with Gasteiger partial charge in [-0.25, -0.2) is 0 Å². The molecule has 3 aromatic rings. The van der Waals surface area contributed by atoms with Gasteiger partial charge in [0.25, 0.3) is 0 Å². The van der Waals surface area contributed by atoms with Crippen LogP contribution in [0.2, 0.25) is 0 Å². The summed E-state index contributed by atoms with van der Waals surface area (Å²) in [5.41, 5.74) is 0.346. The molecule has 0 saturated heterocycles. The summed E-state index contributed by atoms with van der Waals surface area (Å²) < 4.78 is 18.0. The first kappa shape index (κ1) is 13.4. The Labute approximate surface area is 124 Å². The SMILES string of the molecule is COc1cccc(OC)c1Oc1nc2sccn2c1C=O. The molecule has 0 aliphatic carbocycles. The Kier molecular flexibility index (Phi) is 3.49. The van der Waals surface area contributed by atoms with E-state index in [-0.39, 0.29) is 5.88 Å². The van der Waals surface area contributed by atoms with Crippen molar-refractivity contribution in [2.24, 2.45) is 0 Å². The average Bonchev–Trinajstić information content (AvgIpc) is 3.07. The molecule has 21 heavy (non-hydrogen) atoms. The molecule has 2 aromatic heterocycles. The fourth-order valence-electron chi connectivity index (χ4n) is 1.98. The summed E-state index contributed by atoms with van der Waals surface area (Å²) in [6.07, 6.45) is 2.48. The second-order valence-electron chi connectivity index (χ2n) is 4.07. The maximum atomic E-state index is 11.3. The lowest BCUT2D eigenvalue weighted by Gasteiger charge is -2.12. The molecule has 1 aromatic carbocycles. The zero-order valence-electron chi connectivity index (χ0n) is 11.4. The van der Waals surface area contributed by atoms with Crippen molar-refractivity contribution >= 4 is 22.6 Å². The number of nitrogens with zero attached hydrogens (tertiary/aromatic N) is 2. The van der Waals surface area contributed by atoms with E-state index in [0.717, 1.165) is 0 Å². The molecule has 0 unspecified atom stereocenters. The minimum atomic E-state index is 0.222. The van der Waals surface area contributed by atoms with Gasteiger partial charge in [-0.05, 0) is 12.1 Å². The predicted octanol–water partition coefficient (Wildman–Crippen LogP) is 3.02. The second-order valence-corrected chi connectivity index (χ2v) is 4.94. The quantitative estimate of drug-likeness (QED) is 0.678. The van der Waals surface area contributed by atoms with Crippen LogP contribution in [0.4, 0.5) is 0 Å². The first-order valence-electron chi connectivity index (χ1n) is 6.08. The summed E-state index contributed by atoms with van der Waals surface area (Å²) in [7, 11) is 3.07. The third-order valence-corrected chi connectivity index (χ3v) is 3.71. The number of thiazole rings is 1. The second kappa shape index (κ2) is 5.45. The molecular formula is C14H12N2O4S. The molecule has 0 atom stereocenters. The number of benzene rings is 1. The maximum absolute atomic E-state index is 11.3. The summed E-state index contributed by atoms with van der Waals surface area (Å²) in [4.78, 5) is 16.3. The van der Waals surface area contributed by atoms with Crippen LogP contribution in [0, 0.1) is 0 Å². The van der Waals surface area contributed by atoms with E-state index in [1.165, 1.54) is 25.6 Å². The van der Waals surface area contributed by atoms with E-state index in [4.69, 9.17) is 14.2 Å². The third kappa shape index (κ3) is 2.21. The highest BCUT2D eigenvalue weighted by atomic mass is 32.1. The number of aldehydes is 1. The summed E-state index contributed by atoms with van der Waals surface area (Å²) >= 11 is 1.42. The van der Waals surface area contributed by atoms with Gasteiger partial charge in [0.15, 0.2) is 28.4 Å². The number of hydrogen-bond acceptors (Lipinski definition) is 6. The molecule has 0 N–H and O–H groups in total. The van der Waals surface area contributed by atoms with Crippen molar-refractivity contribution in [3.63, 3.8) is 0 Å². The molecule has 0 amide bonds. The Morgan fingerprint density at radius 2 is 1.95 bits per heavy atom. The topological polar surface area (TPSA) is 62.1 Å². The Hall–Kier alpha value is -2.54. The number of hydrogen-bond donors (Lipinski definition) is 0. The van der Waals surface area contributed by atoms with Gasteiger partial charge in [0.2, 0.25) is 11.6 Å². The molecule has 0 radical (unpaired) electrons. The highest BCUT2D eigenvalue weighted by molar-refractivity contribution is 7.15. The minimum absolute atomic E-state index is 0.222. The molecule has 0 spiro atoms. The van der Waals surface area contributed by atoms with Crippen LogP contribution in [0.3, 0.4) is 0 Å². The van der Waals surface area contributed by atoms with E-state index >= 15 is 0 Å². The zero-order valence-corrected chi connectivity index (χ0v) is 12.2. The first-order chi connectivity index (χ1) is 10.3. The average molecular weight is 304 g/mol. The fourth-order valence-corrected chi connectivity index (χ4v) is 2.69. The van der Waals surface area contributed by atoms with E-state index in [1.807, 2.05) is 5.38 Å². The van der Waals surface area contributed by atoms with E-state index in [0.29, 0.717) is 34.2 Å². The number of carbonyl (C=O) groups is 1. The van der Waals surface area contributed by atoms with Crippen LogP contribution in [0.5, 0.6) is 23.1 Å². The molecule has 0 saturated carbocycles. The molecular weight excluding hydrogens is 292 g/mol. The van der Waals surface area contributed by atoms with Gasteiger partial charge in [-0.15, -0.1) is 11.3 Å². The molecule has 0 aliphatic heterocycles. The number of ether oxygens (including phenoxy) is 3. The number of para-hydroxylation sites is 1. The molecule has 0 aliphatic rings. The summed E-state index contributed by atoms with van der Waals surface area (Å²) in [6, 6.07) is 5.28. The number of imidazole rings is 1. The summed E-state index contributed by atoms with van der Waals surface area (Å²) in [5.74, 6) is 1.61. The number of methoxy groups -OCH3 is 2. The molecule has 0 bridgehead atoms. The third-order valence-electron chi connectivity index (χ3n) is 2.96. The molecule has 0 fully saturated rings. The standard InChI is InChI=1S/C14H12N2O4S/c1-18-10-4-3-5-11(19-2)12(10)20-13-9(8-17)16-6-7-21-14(16)15-13/h3-8H,1-2H3. The van der Waals surface area contributed by atoms with Gasteiger partial charge < -0.3 is 14.2 Å². The van der Waals surface area contributed by atoms with Crippen LogP contribution < -0.4 is 14.2 Å². The van der Waals surface area contributed by atoms with Crippen molar-refractivity contribution in [3.8, 4) is 23.1 Å². The first-order valence-corrected chi connectivity index (χ1v) is 6.96. The van der Waals surface area contributed by atoms with Gasteiger partial charge in [0.1, 0.15) is 0 Å². The Bertz CT molecular complexity index is 771. The van der Waals surface area contributed by atoms with Crippen molar-refractivity contribution in [1.82, 2.24) is 9.38 Å². The normalized spacial score (nSPS) is 10.6. The monoisotopic (exact) mass is 304 g/mol. The number of rotatable bonds is 5. The van der Waals surface area contributed by atoms with Crippen molar-refractivity contribution in [2.75, 3.05) is 14.2 Å². The fraction of sp³-hybridized carbons (Fsp3) is 0.143. The zero-order chi connectivity index (χ0) is 14.8. The Morgan fingerprint density at radius 1 is 1.24 bits per heavy atom. The Morgan fingerprint density at radius 3 is 2.57 bits per heavy atom. The summed E-state index contributed by atoms with van der Waals surface area (Å²) in [5, 5.41) is 1.85. The van der Waals surface area contributed by atoms with Crippen LogP contribution in [-0.4, -0.2) is 29.9 Å². The predicted molar refractivity (Wildman–Crippen MR) is 78.1 cm³/mol. The number of aromatic nitrogens is 2. The van der Waals surface area contributed by atoms with Crippen LogP contribution in [-0.2, 0) is 0 Å². The van der Waals surface area contributed by atoms with Crippen LogP contribution in [0.25, 0.3) is 4.96 Å². The molecule has 3 rings (SSSR count). The van der Waals surface area contributed by atoms with Gasteiger partial charge in [0.05, 0.1) is 14.2 Å². The molecule has 2 heterocycles. The van der Waals surface area contributed by atoms with Crippen LogP contribution >= 0.6 is 11.3 Å². The number of fused-ring (bicyclic) bond motifs is 1. The highest BCUT2D eigenvalue weighted by Gasteiger charge is 2.19. The maximum Gasteiger partial charge on any atom is 0.250 e. The molecule has 7 heteroatoms. The van der Waals surface area contributed by atoms with Crippen molar-refractivity contribution in [2.45, 2.75) is 0 Å². The lowest BCUT2D eigenvalue weighted by molar-refractivity contribution is 0.111. The lowest BCUT2D eigenvalue weighted by Crippen LogP contribution is -1.97. The minimum Gasteiger partial charge on any atom is -0.493 e. The summed E-state index contributed by atoms with van der Waals surface area (Å²) in [6.45, 7) is 0. The molecule has 6 nitrogen and oxygen atoms in total. The smallest absolute Gasteiger partial charge is 0.250 e. The van der Waals surface area contributed by atoms with E-state index < -0.39 is 0 Å². The van der Waals surface area contributed by atoms with Gasteiger partial charge in [-0.2, -0.15) is 4.98 Å². The highest BCUT2D eigenvalue weighted by Crippen LogP contribution is 2.40. The van der Waals surface area contributed by atoms with Gasteiger partial charge in [0, 0.05) is 11.6 Å². The largest absolute Gasteiger partial charge is 0.493 e. The Balaban J connectivity index is 2.10. The van der Waals surface area contributed by atoms with Gasteiger partial charge >= 0.3 is 0 Å². The van der Waals surface area contributed by atoms with E-state index in [9.17, 15) is 4.79 Å². The van der Waals surface area contributed by atoms with Crippen LogP contribution in [0.15, 0.2) is 29.8 Å². The van der Waals surface area contributed by atoms with Gasteiger partial charge in [-0.1, -0.05) is 6.07 Å². The van der Waals surface area contributed by atoms with E-state index in [2.05, 4.69) is 4.98 Å². The van der Waals surface area contributed by atoms with Crippen molar-refractivity contribution < 1.29 is 19.0 Å². The van der Waals surface area contributed by atoms with E-state index in [1.54, 1.807) is 28.8 Å². The van der Waals surface area contributed by atoms with Crippen molar-refractivity contribution in [1.29, 1.82) is 0 Å². The molecule has 108 valence electrons. The van der Waals surface area contributed by atoms with Gasteiger partial charge in [-0.3, -0.25) is 9.20 Å². The number of carbonyl (C=O) groups excluding carboxylic acids is 1. The van der Waals surface area contributed by atoms with Crippen LogP contribution in [0.1, 0.15) is 10.5 Å². The lowest BCUT2D eigenvalue weighted by atomic mass is 10.3.